The summed E-state index contributed by atoms with van der Waals surface area (Å²) in [7, 11) is -3.69. The minimum absolute atomic E-state index is 0.0928. The zero-order valence-electron chi connectivity index (χ0n) is 11.4. The summed E-state index contributed by atoms with van der Waals surface area (Å²) in [6.07, 6.45) is 0.471. The Morgan fingerprint density at radius 2 is 2.05 bits per heavy atom. The maximum absolute atomic E-state index is 12.3. The molecule has 0 saturated heterocycles. The number of carboxylic acids is 1. The molecule has 0 saturated carbocycles. The first kappa shape index (κ1) is 16.8. The van der Waals surface area contributed by atoms with Gasteiger partial charge in [0.25, 0.3) is 0 Å². The average Bonchev–Trinajstić information content (AvgIpc) is 2.33. The molecular weight excluding hydrogens is 302 g/mol. The van der Waals surface area contributed by atoms with Gasteiger partial charge in [-0.1, -0.05) is 31.5 Å². The van der Waals surface area contributed by atoms with Crippen LogP contribution in [0.1, 0.15) is 20.3 Å². The number of anilines is 1. The van der Waals surface area contributed by atoms with Gasteiger partial charge < -0.3 is 5.11 Å². The molecule has 0 spiro atoms. The van der Waals surface area contributed by atoms with Crippen molar-refractivity contribution < 1.29 is 18.3 Å². The molecule has 0 aliphatic carbocycles. The van der Waals surface area contributed by atoms with Gasteiger partial charge >= 0.3 is 5.97 Å². The van der Waals surface area contributed by atoms with Gasteiger partial charge in [0.05, 0.1) is 11.4 Å². The Hall–Kier alpha value is -1.27. The van der Waals surface area contributed by atoms with Crippen LogP contribution in [0, 0.1) is 5.92 Å². The highest BCUT2D eigenvalue weighted by Gasteiger charge is 2.25. The van der Waals surface area contributed by atoms with Crippen LogP contribution in [0.25, 0.3) is 0 Å². The second kappa shape index (κ2) is 6.95. The number of carboxylic acid groups (broad SMARTS) is 1. The predicted octanol–water partition coefficient (Wildman–Crippen LogP) is 2.61. The third kappa shape index (κ3) is 5.02. The van der Waals surface area contributed by atoms with Gasteiger partial charge in [0.2, 0.25) is 10.0 Å². The van der Waals surface area contributed by atoms with Crippen molar-refractivity contribution >= 4 is 33.3 Å². The molecule has 5 nitrogen and oxygen atoms in total. The SMILES string of the molecule is CC(C)CCS(=O)(=O)N(CC(=O)O)c1cccc(Cl)c1. The zero-order valence-corrected chi connectivity index (χ0v) is 13.0. The van der Waals surface area contributed by atoms with Gasteiger partial charge in [-0.05, 0) is 30.5 Å². The average molecular weight is 320 g/mol. The predicted molar refractivity (Wildman–Crippen MR) is 79.7 cm³/mol. The molecule has 0 aliphatic rings. The van der Waals surface area contributed by atoms with Crippen molar-refractivity contribution in [1.82, 2.24) is 0 Å². The lowest BCUT2D eigenvalue weighted by Crippen LogP contribution is -2.37. The van der Waals surface area contributed by atoms with Gasteiger partial charge in [0.1, 0.15) is 6.54 Å². The molecule has 0 radical (unpaired) electrons. The summed E-state index contributed by atoms with van der Waals surface area (Å²) in [6, 6.07) is 6.16. The number of nitrogens with zero attached hydrogens (tertiary/aromatic N) is 1. The van der Waals surface area contributed by atoms with E-state index in [4.69, 9.17) is 16.7 Å². The molecule has 0 bridgehead atoms. The first-order valence-corrected chi connectivity index (χ1v) is 8.19. The maximum Gasteiger partial charge on any atom is 0.324 e. The fraction of sp³-hybridized carbons (Fsp3) is 0.462. The lowest BCUT2D eigenvalue weighted by molar-refractivity contribution is -0.135. The maximum atomic E-state index is 12.3. The van der Waals surface area contributed by atoms with Crippen molar-refractivity contribution in [3.8, 4) is 0 Å². The molecule has 0 fully saturated rings. The normalized spacial score (nSPS) is 11.6. The van der Waals surface area contributed by atoms with E-state index in [1.165, 1.54) is 12.1 Å². The van der Waals surface area contributed by atoms with Gasteiger partial charge in [-0.25, -0.2) is 8.42 Å². The Balaban J connectivity index is 3.09. The molecule has 0 heterocycles. The number of halogens is 1. The zero-order chi connectivity index (χ0) is 15.3. The van der Waals surface area contributed by atoms with Crippen molar-refractivity contribution in [2.45, 2.75) is 20.3 Å². The Morgan fingerprint density at radius 1 is 1.40 bits per heavy atom. The molecule has 1 N–H and O–H groups in total. The van der Waals surface area contributed by atoms with Crippen LogP contribution in [0.2, 0.25) is 5.02 Å². The summed E-state index contributed by atoms with van der Waals surface area (Å²) in [4.78, 5) is 10.9. The Bertz CT molecular complexity index is 571. The largest absolute Gasteiger partial charge is 0.480 e. The Kier molecular flexibility index (Phi) is 5.83. The highest BCUT2D eigenvalue weighted by atomic mass is 35.5. The quantitative estimate of drug-likeness (QED) is 0.838. The summed E-state index contributed by atoms with van der Waals surface area (Å²) in [6.45, 7) is 3.22. The number of aliphatic carboxylic acids is 1. The fourth-order valence-corrected chi connectivity index (χ4v) is 3.52. The Labute approximate surface area is 124 Å². The van der Waals surface area contributed by atoms with Crippen molar-refractivity contribution in [3.63, 3.8) is 0 Å². The van der Waals surface area contributed by atoms with Crippen molar-refractivity contribution in [2.75, 3.05) is 16.6 Å². The van der Waals surface area contributed by atoms with E-state index in [1.54, 1.807) is 12.1 Å². The van der Waals surface area contributed by atoms with Crippen LogP contribution in [0.5, 0.6) is 0 Å². The molecule has 7 heteroatoms. The molecule has 1 aromatic carbocycles. The van der Waals surface area contributed by atoms with E-state index >= 15 is 0 Å². The minimum Gasteiger partial charge on any atom is -0.480 e. The van der Waals surface area contributed by atoms with Crippen LogP contribution in [0.3, 0.4) is 0 Å². The highest BCUT2D eigenvalue weighted by molar-refractivity contribution is 7.92. The molecule has 0 aliphatic heterocycles. The van der Waals surface area contributed by atoms with Gasteiger partial charge in [-0.15, -0.1) is 0 Å². The summed E-state index contributed by atoms with van der Waals surface area (Å²) in [5.74, 6) is -1.08. The molecule has 20 heavy (non-hydrogen) atoms. The van der Waals surface area contributed by atoms with Crippen LogP contribution in [0.4, 0.5) is 5.69 Å². The number of benzene rings is 1. The van der Waals surface area contributed by atoms with Gasteiger partial charge in [-0.3, -0.25) is 9.10 Å². The van der Waals surface area contributed by atoms with Crippen LogP contribution >= 0.6 is 11.6 Å². The van der Waals surface area contributed by atoms with E-state index < -0.39 is 22.5 Å². The summed E-state index contributed by atoms with van der Waals surface area (Å²) in [5, 5.41) is 9.27. The molecule has 0 atom stereocenters. The van der Waals surface area contributed by atoms with Crippen LogP contribution in [-0.4, -0.2) is 31.8 Å². The molecule has 0 unspecified atom stereocenters. The van der Waals surface area contributed by atoms with Crippen LogP contribution < -0.4 is 4.31 Å². The number of hydrogen-bond acceptors (Lipinski definition) is 3. The summed E-state index contributed by atoms with van der Waals surface area (Å²) in [5.41, 5.74) is 0.267. The first-order chi connectivity index (χ1) is 9.22. The summed E-state index contributed by atoms with van der Waals surface area (Å²) >= 11 is 5.83. The number of carbonyl (C=O) groups is 1. The van der Waals surface area contributed by atoms with Crippen molar-refractivity contribution in [3.05, 3.63) is 29.3 Å². The van der Waals surface area contributed by atoms with Gasteiger partial charge in [-0.2, -0.15) is 0 Å². The molecule has 1 rings (SSSR count). The van der Waals surface area contributed by atoms with Gasteiger partial charge in [0, 0.05) is 5.02 Å². The van der Waals surface area contributed by atoms with E-state index in [1.807, 2.05) is 13.8 Å². The number of hydrogen-bond donors (Lipinski definition) is 1. The third-order valence-corrected chi connectivity index (χ3v) is 4.66. The van der Waals surface area contributed by atoms with E-state index in [0.717, 1.165) is 4.31 Å². The monoisotopic (exact) mass is 319 g/mol. The standard InChI is InChI=1S/C13H18ClNO4S/c1-10(2)6-7-20(18,19)15(9-13(16)17)12-5-3-4-11(14)8-12/h3-5,8,10H,6-7,9H2,1-2H3,(H,16,17). The van der Waals surface area contributed by atoms with E-state index in [9.17, 15) is 13.2 Å². The van der Waals surface area contributed by atoms with E-state index in [-0.39, 0.29) is 17.4 Å². The van der Waals surface area contributed by atoms with Crippen molar-refractivity contribution in [2.24, 2.45) is 5.92 Å². The minimum atomic E-state index is -3.69. The fourth-order valence-electron chi connectivity index (χ4n) is 1.60. The van der Waals surface area contributed by atoms with Crippen molar-refractivity contribution in [1.29, 1.82) is 0 Å². The molecular formula is C13H18ClNO4S. The lowest BCUT2D eigenvalue weighted by Gasteiger charge is -2.23. The lowest BCUT2D eigenvalue weighted by atomic mass is 10.2. The second-order valence-electron chi connectivity index (χ2n) is 4.88. The molecule has 0 amide bonds. The Morgan fingerprint density at radius 3 is 2.55 bits per heavy atom. The van der Waals surface area contributed by atoms with Crippen LogP contribution in [-0.2, 0) is 14.8 Å². The van der Waals surface area contributed by atoms with E-state index in [0.29, 0.717) is 11.4 Å². The third-order valence-electron chi connectivity index (χ3n) is 2.66. The summed E-state index contributed by atoms with van der Waals surface area (Å²) < 4.78 is 25.5. The molecule has 1 aromatic rings. The van der Waals surface area contributed by atoms with Gasteiger partial charge in [0.15, 0.2) is 0 Å². The molecule has 0 aromatic heterocycles. The number of rotatable bonds is 7. The topological polar surface area (TPSA) is 74.7 Å². The highest BCUT2D eigenvalue weighted by Crippen LogP contribution is 2.23. The smallest absolute Gasteiger partial charge is 0.324 e. The van der Waals surface area contributed by atoms with E-state index in [2.05, 4.69) is 0 Å². The van der Waals surface area contributed by atoms with Crippen LogP contribution in [0.15, 0.2) is 24.3 Å². The first-order valence-electron chi connectivity index (χ1n) is 6.20. The number of sulfonamides is 1. The second-order valence-corrected chi connectivity index (χ2v) is 7.33. The molecule has 112 valence electrons.